The molecule has 0 fully saturated rings. The lowest BCUT2D eigenvalue weighted by atomic mass is 10.2. The van der Waals surface area contributed by atoms with E-state index in [4.69, 9.17) is 9.47 Å². The highest BCUT2D eigenvalue weighted by atomic mass is 79.9. The van der Waals surface area contributed by atoms with Crippen molar-refractivity contribution < 1.29 is 9.47 Å². The summed E-state index contributed by atoms with van der Waals surface area (Å²) < 4.78 is 14.3. The van der Waals surface area contributed by atoms with Crippen LogP contribution in [0.4, 0.5) is 0 Å². The Morgan fingerprint density at radius 2 is 1.90 bits per heavy atom. The lowest BCUT2D eigenvalue weighted by Gasteiger charge is -2.11. The van der Waals surface area contributed by atoms with Gasteiger partial charge in [-0.15, -0.1) is 5.10 Å². The maximum atomic E-state index is 12.8. The van der Waals surface area contributed by atoms with Gasteiger partial charge in [0, 0.05) is 10.0 Å². The van der Waals surface area contributed by atoms with Crippen molar-refractivity contribution in [2.45, 2.75) is 20.3 Å². The average Bonchev–Trinajstić information content (AvgIpc) is 3.28. The average molecular weight is 486 g/mol. The second-order valence-electron chi connectivity index (χ2n) is 6.54. The van der Waals surface area contributed by atoms with E-state index in [2.05, 4.69) is 32.9 Å². The molecular weight excluding hydrogens is 466 g/mol. The van der Waals surface area contributed by atoms with Crippen molar-refractivity contribution >= 4 is 38.3 Å². The van der Waals surface area contributed by atoms with Crippen molar-refractivity contribution in [1.82, 2.24) is 14.6 Å². The van der Waals surface area contributed by atoms with Crippen LogP contribution in [-0.2, 0) is 0 Å². The quantitative estimate of drug-likeness (QED) is 0.390. The Morgan fingerprint density at radius 1 is 1.10 bits per heavy atom. The van der Waals surface area contributed by atoms with Gasteiger partial charge in [-0.2, -0.15) is 9.50 Å². The van der Waals surface area contributed by atoms with Crippen LogP contribution in [0.2, 0.25) is 0 Å². The maximum Gasteiger partial charge on any atom is 0.291 e. The third kappa shape index (κ3) is 4.24. The summed E-state index contributed by atoms with van der Waals surface area (Å²) in [6, 6.07) is 13.3. The molecule has 4 aromatic rings. The molecule has 0 saturated heterocycles. The molecule has 2 aromatic heterocycles. The fraction of sp³-hybridized carbons (Fsp3) is 0.227. The fourth-order valence-corrected chi connectivity index (χ4v) is 4.09. The van der Waals surface area contributed by atoms with Crippen molar-refractivity contribution in [2.24, 2.45) is 0 Å². The van der Waals surface area contributed by atoms with E-state index in [0.29, 0.717) is 40.0 Å². The topological polar surface area (TPSA) is 65.7 Å². The van der Waals surface area contributed by atoms with Crippen molar-refractivity contribution in [3.63, 3.8) is 0 Å². The van der Waals surface area contributed by atoms with Gasteiger partial charge in [-0.3, -0.25) is 4.79 Å². The number of ether oxygens (including phenoxy) is 2. The summed E-state index contributed by atoms with van der Waals surface area (Å²) in [6.07, 6.45) is 2.75. The smallest absolute Gasteiger partial charge is 0.291 e. The summed E-state index contributed by atoms with van der Waals surface area (Å²) in [5.74, 6) is 1.91. The molecule has 154 valence electrons. The molecule has 0 aliphatic heterocycles. The molecule has 0 amide bonds. The SMILES string of the molecule is CCCOc1ccc(C=c2sc3nc(-c4ccc(Br)cc4)nn3c2=O)cc1OCC. The zero-order valence-electron chi connectivity index (χ0n) is 16.6. The summed E-state index contributed by atoms with van der Waals surface area (Å²) in [5, 5.41) is 4.39. The van der Waals surface area contributed by atoms with Crippen LogP contribution in [-0.4, -0.2) is 27.8 Å². The number of halogens is 1. The molecular formula is C22H20BrN3O3S. The molecule has 30 heavy (non-hydrogen) atoms. The molecule has 2 aromatic carbocycles. The zero-order valence-corrected chi connectivity index (χ0v) is 19.0. The number of fused-ring (bicyclic) bond motifs is 1. The van der Waals surface area contributed by atoms with Crippen molar-refractivity contribution in [3.05, 3.63) is 67.4 Å². The molecule has 0 atom stereocenters. The van der Waals surface area contributed by atoms with E-state index in [1.54, 1.807) is 0 Å². The second-order valence-corrected chi connectivity index (χ2v) is 8.46. The van der Waals surface area contributed by atoms with Gasteiger partial charge in [0.2, 0.25) is 4.96 Å². The van der Waals surface area contributed by atoms with E-state index in [0.717, 1.165) is 22.0 Å². The van der Waals surface area contributed by atoms with Crippen molar-refractivity contribution in [2.75, 3.05) is 13.2 Å². The predicted molar refractivity (Wildman–Crippen MR) is 122 cm³/mol. The van der Waals surface area contributed by atoms with Crippen molar-refractivity contribution in [1.29, 1.82) is 0 Å². The maximum absolute atomic E-state index is 12.8. The molecule has 6 nitrogen and oxygen atoms in total. The van der Waals surface area contributed by atoms with E-state index in [1.165, 1.54) is 15.9 Å². The number of benzene rings is 2. The number of rotatable bonds is 7. The van der Waals surface area contributed by atoms with Gasteiger partial charge in [-0.25, -0.2) is 0 Å². The highest BCUT2D eigenvalue weighted by Crippen LogP contribution is 2.29. The normalized spacial score (nSPS) is 11.9. The number of nitrogens with zero attached hydrogens (tertiary/aromatic N) is 3. The van der Waals surface area contributed by atoms with Crippen LogP contribution >= 0.6 is 27.3 Å². The lowest BCUT2D eigenvalue weighted by Crippen LogP contribution is -2.23. The molecule has 0 radical (unpaired) electrons. The van der Waals surface area contributed by atoms with Gasteiger partial charge < -0.3 is 9.47 Å². The number of hydrogen-bond acceptors (Lipinski definition) is 6. The molecule has 0 spiro atoms. The van der Waals surface area contributed by atoms with Crippen LogP contribution in [0.5, 0.6) is 11.5 Å². The van der Waals surface area contributed by atoms with Gasteiger partial charge in [0.15, 0.2) is 17.3 Å². The molecule has 2 heterocycles. The van der Waals surface area contributed by atoms with Crippen LogP contribution < -0.4 is 19.6 Å². The summed E-state index contributed by atoms with van der Waals surface area (Å²) >= 11 is 4.73. The van der Waals surface area contributed by atoms with Gasteiger partial charge in [0.25, 0.3) is 5.56 Å². The Balaban J connectivity index is 1.70. The molecule has 0 bridgehead atoms. The van der Waals surface area contributed by atoms with E-state index < -0.39 is 0 Å². The first-order valence-electron chi connectivity index (χ1n) is 9.66. The minimum atomic E-state index is -0.185. The minimum Gasteiger partial charge on any atom is -0.490 e. The summed E-state index contributed by atoms with van der Waals surface area (Å²) in [4.78, 5) is 17.9. The third-order valence-electron chi connectivity index (χ3n) is 4.31. The van der Waals surface area contributed by atoms with Crippen LogP contribution in [0.25, 0.3) is 22.4 Å². The Bertz CT molecular complexity index is 1280. The Kier molecular flexibility index (Phi) is 6.15. The molecule has 4 rings (SSSR count). The van der Waals surface area contributed by atoms with E-state index in [1.807, 2.05) is 55.5 Å². The Hall–Kier alpha value is -2.71. The Morgan fingerprint density at radius 3 is 2.60 bits per heavy atom. The van der Waals surface area contributed by atoms with E-state index >= 15 is 0 Å². The summed E-state index contributed by atoms with van der Waals surface area (Å²) in [6.45, 7) is 5.15. The fourth-order valence-electron chi connectivity index (χ4n) is 2.92. The lowest BCUT2D eigenvalue weighted by molar-refractivity contribution is 0.277. The van der Waals surface area contributed by atoms with Gasteiger partial charge >= 0.3 is 0 Å². The number of hydrogen-bond donors (Lipinski definition) is 0. The first-order chi connectivity index (χ1) is 14.6. The third-order valence-corrected chi connectivity index (χ3v) is 5.80. The molecule has 0 aliphatic carbocycles. The molecule has 0 aliphatic rings. The minimum absolute atomic E-state index is 0.185. The molecule has 0 N–H and O–H groups in total. The first kappa shape index (κ1) is 20.6. The van der Waals surface area contributed by atoms with Crippen molar-refractivity contribution in [3.8, 4) is 22.9 Å². The Labute approximate surface area is 185 Å². The van der Waals surface area contributed by atoms with E-state index in [-0.39, 0.29) is 5.56 Å². The largest absolute Gasteiger partial charge is 0.490 e. The van der Waals surface area contributed by atoms with E-state index in [9.17, 15) is 4.79 Å². The van der Waals surface area contributed by atoms with Crippen LogP contribution in [0.3, 0.4) is 0 Å². The second kappa shape index (κ2) is 8.97. The van der Waals surface area contributed by atoms with Crippen LogP contribution in [0, 0.1) is 0 Å². The standard InChI is InChI=1S/C22H20BrN3O3S/c1-3-11-29-17-10-5-14(12-18(17)28-4-2)13-19-21(27)26-22(30-19)24-20(25-26)15-6-8-16(23)9-7-15/h5-10,12-13H,3-4,11H2,1-2H3. The highest BCUT2D eigenvalue weighted by molar-refractivity contribution is 9.10. The highest BCUT2D eigenvalue weighted by Gasteiger charge is 2.12. The van der Waals surface area contributed by atoms with Gasteiger partial charge in [0.05, 0.1) is 17.7 Å². The first-order valence-corrected chi connectivity index (χ1v) is 11.3. The van der Waals surface area contributed by atoms with Crippen LogP contribution in [0.15, 0.2) is 51.7 Å². The number of aromatic nitrogens is 3. The monoisotopic (exact) mass is 485 g/mol. The van der Waals surface area contributed by atoms with Gasteiger partial charge in [0.1, 0.15) is 0 Å². The summed E-state index contributed by atoms with van der Waals surface area (Å²) in [5.41, 5.74) is 1.54. The number of thiazole rings is 1. The van der Waals surface area contributed by atoms with Gasteiger partial charge in [-0.05, 0) is 49.2 Å². The zero-order chi connectivity index (χ0) is 21.1. The molecule has 0 saturated carbocycles. The molecule has 0 unspecified atom stereocenters. The summed E-state index contributed by atoms with van der Waals surface area (Å²) in [7, 11) is 0. The predicted octanol–water partition coefficient (Wildman–Crippen LogP) is 4.32. The van der Waals surface area contributed by atoms with Crippen LogP contribution in [0.1, 0.15) is 25.8 Å². The molecule has 8 heteroatoms. The van der Waals surface area contributed by atoms with Gasteiger partial charge in [-0.1, -0.05) is 52.4 Å².